The number of methoxy groups -OCH3 is 1. The maximum atomic E-state index is 14.7. The summed E-state index contributed by atoms with van der Waals surface area (Å²) in [6.45, 7) is 11.7. The van der Waals surface area contributed by atoms with E-state index < -0.39 is 5.91 Å². The van der Waals surface area contributed by atoms with Crippen molar-refractivity contribution in [3.8, 4) is 16.9 Å². The lowest BCUT2D eigenvalue weighted by molar-refractivity contribution is 0.0730. The number of primary amides is 1. The van der Waals surface area contributed by atoms with Crippen LogP contribution in [0.25, 0.3) is 22.2 Å². The summed E-state index contributed by atoms with van der Waals surface area (Å²) in [6.07, 6.45) is 4.30. The van der Waals surface area contributed by atoms with Crippen LogP contribution < -0.4 is 21.1 Å². The topological polar surface area (TPSA) is 140 Å². The molecule has 2 aliphatic rings. The molecule has 3 aromatic carbocycles. The molecule has 2 fully saturated rings. The number of pyridine rings is 1. The second kappa shape index (κ2) is 17.4. The first kappa shape index (κ1) is 38.0. The molecule has 0 radical (unpaired) electrons. The third-order valence-electron chi connectivity index (χ3n) is 10.7. The van der Waals surface area contributed by atoms with Crippen LogP contribution in [-0.2, 0) is 37.3 Å². The Morgan fingerprint density at radius 2 is 1.76 bits per heavy atom. The number of amides is 2. The summed E-state index contributed by atoms with van der Waals surface area (Å²) in [5.74, 6) is -0.0465. The Balaban J connectivity index is 1.29. The monoisotopic (exact) mass is 744 g/mol. The molecule has 2 saturated heterocycles. The third-order valence-corrected chi connectivity index (χ3v) is 10.7. The van der Waals surface area contributed by atoms with Gasteiger partial charge in [-0.05, 0) is 79.3 Å². The molecule has 2 amide bonds. The predicted molar refractivity (Wildman–Crippen MR) is 215 cm³/mol. The summed E-state index contributed by atoms with van der Waals surface area (Å²) in [5, 5.41) is 12.9. The van der Waals surface area contributed by atoms with E-state index in [-0.39, 0.29) is 24.1 Å². The highest BCUT2D eigenvalue weighted by molar-refractivity contribution is 5.99. The van der Waals surface area contributed by atoms with Crippen LogP contribution in [0.2, 0.25) is 0 Å². The van der Waals surface area contributed by atoms with Gasteiger partial charge in [0.25, 0.3) is 5.91 Å². The molecule has 4 N–H and O–H groups in total. The summed E-state index contributed by atoms with van der Waals surface area (Å²) >= 11 is 0. The van der Waals surface area contributed by atoms with Gasteiger partial charge in [0, 0.05) is 93.0 Å². The molecule has 0 bridgehead atoms. The highest BCUT2D eigenvalue weighted by Gasteiger charge is 2.26. The molecule has 5 aromatic rings. The zero-order valence-corrected chi connectivity index (χ0v) is 32.1. The minimum atomic E-state index is -0.584. The quantitative estimate of drug-likeness (QED) is 0.132. The number of benzene rings is 3. The lowest BCUT2D eigenvalue weighted by Gasteiger charge is -2.29. The Morgan fingerprint density at radius 3 is 2.51 bits per heavy atom. The van der Waals surface area contributed by atoms with Crippen molar-refractivity contribution in [2.75, 3.05) is 51.8 Å². The van der Waals surface area contributed by atoms with Crippen LogP contribution in [0.5, 0.6) is 5.75 Å². The van der Waals surface area contributed by atoms with Crippen LogP contribution in [0.15, 0.2) is 72.9 Å². The molecular formula is C43H52N8O4. The maximum Gasteiger partial charge on any atom is 0.254 e. The van der Waals surface area contributed by atoms with Gasteiger partial charge in [-0.15, -0.1) is 0 Å². The SMILES string of the molecule is CCc1nc2c(cnn2CC)c(NC2CCOCC2)c1CN(Cc1ccc(OC)c(-c2cccc(CN3CCNCC3)c2)c1)C(=O)c1cccc(C(N)=O)c1. The van der Waals surface area contributed by atoms with Crippen LogP contribution in [0.3, 0.4) is 0 Å². The standard InChI is InChI=1S/C43H52N8O4/c1-4-38-37(40(47-34-14-20-55-21-15-34)36-25-46-51(5-2)42(36)48-38)28-50(43(53)33-11-7-10-32(24-33)41(44)52)27-30-12-13-39(54-3)35(23-30)31-9-6-8-29(22-31)26-49-18-16-45-17-19-49/h6-13,22-25,34,45H,4-5,14-21,26-28H2,1-3H3,(H2,44,52)(H,47,48). The molecule has 0 aliphatic carbocycles. The number of carbonyl (C=O) groups is 2. The summed E-state index contributed by atoms with van der Waals surface area (Å²) in [5.41, 5.74) is 14.1. The van der Waals surface area contributed by atoms with Crippen LogP contribution in [0, 0.1) is 0 Å². The molecule has 7 rings (SSSR count). The highest BCUT2D eigenvalue weighted by atomic mass is 16.5. The van der Waals surface area contributed by atoms with Gasteiger partial charge in [-0.2, -0.15) is 5.10 Å². The van der Waals surface area contributed by atoms with Gasteiger partial charge in [0.05, 0.1) is 30.9 Å². The first-order chi connectivity index (χ1) is 26.8. The molecule has 288 valence electrons. The van der Waals surface area contributed by atoms with E-state index in [4.69, 9.17) is 20.2 Å². The second-order valence-electron chi connectivity index (χ2n) is 14.4. The largest absolute Gasteiger partial charge is 0.496 e. The Morgan fingerprint density at radius 1 is 0.982 bits per heavy atom. The number of hydrogen-bond acceptors (Lipinski definition) is 9. The van der Waals surface area contributed by atoms with E-state index in [1.807, 2.05) is 27.9 Å². The summed E-state index contributed by atoms with van der Waals surface area (Å²) in [6, 6.07) is 21.6. The molecule has 12 nitrogen and oxygen atoms in total. The molecule has 0 spiro atoms. The van der Waals surface area contributed by atoms with Gasteiger partial charge in [0.1, 0.15) is 5.75 Å². The summed E-state index contributed by atoms with van der Waals surface area (Å²) in [7, 11) is 1.69. The Hall–Kier alpha value is -5.30. The summed E-state index contributed by atoms with van der Waals surface area (Å²) < 4.78 is 13.5. The number of nitrogens with one attached hydrogen (secondary N) is 2. The molecule has 12 heteroatoms. The van der Waals surface area contributed by atoms with Crippen LogP contribution in [0.4, 0.5) is 5.69 Å². The fraction of sp³-hybridized carbons (Fsp3) is 0.395. The Bertz CT molecular complexity index is 2140. The zero-order valence-electron chi connectivity index (χ0n) is 32.1. The number of nitrogens with two attached hydrogens (primary N) is 1. The number of ether oxygens (including phenoxy) is 2. The number of aromatic nitrogens is 3. The van der Waals surface area contributed by atoms with Gasteiger partial charge in [0.15, 0.2) is 5.65 Å². The average molecular weight is 745 g/mol. The highest BCUT2D eigenvalue weighted by Crippen LogP contribution is 2.35. The minimum absolute atomic E-state index is 0.204. The molecule has 0 atom stereocenters. The fourth-order valence-corrected chi connectivity index (χ4v) is 7.72. The van der Waals surface area contributed by atoms with Gasteiger partial charge >= 0.3 is 0 Å². The van der Waals surface area contributed by atoms with Crippen molar-refractivity contribution in [3.05, 3.63) is 106 Å². The number of piperazine rings is 1. The second-order valence-corrected chi connectivity index (χ2v) is 14.4. The van der Waals surface area contributed by atoms with Crippen LogP contribution in [0.1, 0.15) is 69.8 Å². The smallest absolute Gasteiger partial charge is 0.254 e. The third kappa shape index (κ3) is 8.67. The lowest BCUT2D eigenvalue weighted by Crippen LogP contribution is -2.42. The first-order valence-electron chi connectivity index (χ1n) is 19.4. The number of rotatable bonds is 14. The maximum absolute atomic E-state index is 14.7. The molecule has 55 heavy (non-hydrogen) atoms. The predicted octanol–water partition coefficient (Wildman–Crippen LogP) is 5.63. The summed E-state index contributed by atoms with van der Waals surface area (Å²) in [4.78, 5) is 36.4. The normalized spacial score (nSPS) is 15.3. The molecular weight excluding hydrogens is 693 g/mol. The molecule has 4 heterocycles. The van der Waals surface area contributed by atoms with Crippen molar-refractivity contribution in [2.45, 2.75) is 65.3 Å². The van der Waals surface area contributed by atoms with E-state index >= 15 is 0 Å². The van der Waals surface area contributed by atoms with E-state index in [9.17, 15) is 9.59 Å². The Labute approximate surface area is 323 Å². The van der Waals surface area contributed by atoms with Crippen LogP contribution in [-0.4, -0.2) is 88.9 Å². The lowest BCUT2D eigenvalue weighted by atomic mass is 9.98. The zero-order chi connectivity index (χ0) is 38.3. The van der Waals surface area contributed by atoms with Crippen molar-refractivity contribution in [2.24, 2.45) is 5.73 Å². The first-order valence-corrected chi connectivity index (χ1v) is 19.4. The van der Waals surface area contributed by atoms with Crippen molar-refractivity contribution >= 4 is 28.5 Å². The molecule has 0 saturated carbocycles. The van der Waals surface area contributed by atoms with Gasteiger partial charge in [-0.3, -0.25) is 14.5 Å². The molecule has 0 unspecified atom stereocenters. The number of fused-ring (bicyclic) bond motifs is 1. The van der Waals surface area contributed by atoms with E-state index in [2.05, 4.69) is 64.8 Å². The van der Waals surface area contributed by atoms with E-state index in [1.54, 1.807) is 31.4 Å². The molecule has 2 aliphatic heterocycles. The average Bonchev–Trinajstić information content (AvgIpc) is 3.64. The van der Waals surface area contributed by atoms with Crippen LogP contribution >= 0.6 is 0 Å². The van der Waals surface area contributed by atoms with Crippen molar-refractivity contribution < 1.29 is 19.1 Å². The van der Waals surface area contributed by atoms with Crippen molar-refractivity contribution in [1.29, 1.82) is 0 Å². The number of nitrogens with zero attached hydrogens (tertiary/aromatic N) is 5. The Kier molecular flexibility index (Phi) is 12.1. The number of aryl methyl sites for hydroxylation is 2. The van der Waals surface area contributed by atoms with Gasteiger partial charge < -0.3 is 30.7 Å². The minimum Gasteiger partial charge on any atom is -0.496 e. The fourth-order valence-electron chi connectivity index (χ4n) is 7.72. The molecule has 2 aromatic heterocycles. The van der Waals surface area contributed by atoms with Gasteiger partial charge in [0.2, 0.25) is 5.91 Å². The van der Waals surface area contributed by atoms with Crippen molar-refractivity contribution in [1.82, 2.24) is 29.9 Å². The van der Waals surface area contributed by atoms with Gasteiger partial charge in [-0.25, -0.2) is 9.67 Å². The number of anilines is 1. The number of hydrogen-bond donors (Lipinski definition) is 3. The van der Waals surface area contributed by atoms with Gasteiger partial charge in [-0.1, -0.05) is 37.3 Å². The van der Waals surface area contributed by atoms with Crippen molar-refractivity contribution in [3.63, 3.8) is 0 Å². The van der Waals surface area contributed by atoms with E-state index in [0.29, 0.717) is 38.3 Å². The number of carbonyl (C=O) groups excluding carboxylic acids is 2. The van der Waals surface area contributed by atoms with E-state index in [1.165, 1.54) is 5.56 Å². The van der Waals surface area contributed by atoms with E-state index in [0.717, 1.165) is 96.0 Å².